The fourth-order valence-corrected chi connectivity index (χ4v) is 2.60. The lowest BCUT2D eigenvalue weighted by Gasteiger charge is -2.19. The number of nitrogens with zero attached hydrogens (tertiary/aromatic N) is 1. The van der Waals surface area contributed by atoms with Crippen LogP contribution in [0.15, 0.2) is 59.5 Å². The minimum atomic E-state index is -2.47. The standard InChI is InChI=1S/C16H14F2N2S/c17-16(18)21-15-9-5-4-8-14(15)20-13(10-11-19)12-6-2-1-3-7-12/h1-9,13,16,20H,10H2. The first-order chi connectivity index (χ1) is 10.2. The molecule has 0 radical (unpaired) electrons. The van der Waals surface area contributed by atoms with E-state index in [-0.39, 0.29) is 12.5 Å². The first-order valence-electron chi connectivity index (χ1n) is 6.43. The topological polar surface area (TPSA) is 35.8 Å². The maximum Gasteiger partial charge on any atom is 0.288 e. The number of nitrogens with one attached hydrogen (secondary N) is 1. The zero-order chi connectivity index (χ0) is 15.1. The van der Waals surface area contributed by atoms with Crippen LogP contribution in [-0.4, -0.2) is 5.76 Å². The molecule has 5 heteroatoms. The van der Waals surface area contributed by atoms with Gasteiger partial charge in [-0.1, -0.05) is 54.2 Å². The quantitative estimate of drug-likeness (QED) is 0.757. The lowest BCUT2D eigenvalue weighted by Crippen LogP contribution is -2.10. The number of anilines is 1. The predicted octanol–water partition coefficient (Wildman–Crippen LogP) is 5.07. The van der Waals surface area contributed by atoms with Gasteiger partial charge in [-0.05, 0) is 17.7 Å². The summed E-state index contributed by atoms with van der Waals surface area (Å²) in [4.78, 5) is 0.478. The third-order valence-electron chi connectivity index (χ3n) is 2.93. The van der Waals surface area contributed by atoms with E-state index in [2.05, 4.69) is 11.4 Å². The molecule has 0 amide bonds. The van der Waals surface area contributed by atoms with E-state index in [1.54, 1.807) is 24.3 Å². The highest BCUT2D eigenvalue weighted by molar-refractivity contribution is 7.99. The van der Waals surface area contributed by atoms with Crippen LogP contribution in [0.5, 0.6) is 0 Å². The van der Waals surface area contributed by atoms with Crippen LogP contribution in [0.4, 0.5) is 14.5 Å². The molecular formula is C16H14F2N2S. The van der Waals surface area contributed by atoms with Crippen LogP contribution in [0.3, 0.4) is 0 Å². The van der Waals surface area contributed by atoms with Crippen molar-refractivity contribution in [2.75, 3.05) is 5.32 Å². The molecule has 21 heavy (non-hydrogen) atoms. The molecule has 0 fully saturated rings. The van der Waals surface area contributed by atoms with Crippen molar-refractivity contribution in [2.45, 2.75) is 23.1 Å². The summed E-state index contributed by atoms with van der Waals surface area (Å²) >= 11 is 0.502. The first kappa shape index (κ1) is 15.3. The number of hydrogen-bond donors (Lipinski definition) is 1. The Hall–Kier alpha value is -2.06. The van der Waals surface area contributed by atoms with E-state index in [1.165, 1.54) is 0 Å². The molecule has 0 saturated heterocycles. The third-order valence-corrected chi connectivity index (χ3v) is 3.72. The summed E-state index contributed by atoms with van der Waals surface area (Å²) in [5.41, 5.74) is 1.57. The van der Waals surface area contributed by atoms with Crippen molar-refractivity contribution >= 4 is 17.4 Å². The summed E-state index contributed by atoms with van der Waals surface area (Å²) in [7, 11) is 0. The summed E-state index contributed by atoms with van der Waals surface area (Å²) in [5, 5.41) is 12.2. The van der Waals surface area contributed by atoms with Gasteiger partial charge in [-0.2, -0.15) is 14.0 Å². The van der Waals surface area contributed by atoms with Gasteiger partial charge >= 0.3 is 0 Å². The maximum absolute atomic E-state index is 12.6. The van der Waals surface area contributed by atoms with Gasteiger partial charge in [0, 0.05) is 10.6 Å². The zero-order valence-corrected chi connectivity index (χ0v) is 12.0. The summed E-state index contributed by atoms with van der Waals surface area (Å²) in [6.45, 7) is 0. The molecule has 0 spiro atoms. The largest absolute Gasteiger partial charge is 0.376 e. The fourth-order valence-electron chi connectivity index (χ4n) is 2.00. The van der Waals surface area contributed by atoms with Gasteiger partial charge in [0.2, 0.25) is 0 Å². The second-order valence-electron chi connectivity index (χ2n) is 4.34. The van der Waals surface area contributed by atoms with Crippen LogP contribution in [-0.2, 0) is 0 Å². The Morgan fingerprint density at radius 1 is 1.05 bits per heavy atom. The van der Waals surface area contributed by atoms with Crippen molar-refractivity contribution in [1.82, 2.24) is 0 Å². The second-order valence-corrected chi connectivity index (χ2v) is 5.38. The molecule has 0 saturated carbocycles. The Labute approximate surface area is 126 Å². The number of nitriles is 1. The number of benzene rings is 2. The summed E-state index contributed by atoms with van der Waals surface area (Å²) in [5.74, 6) is -2.47. The normalized spacial score (nSPS) is 11.9. The molecule has 2 aromatic rings. The highest BCUT2D eigenvalue weighted by Crippen LogP contribution is 2.34. The molecular weight excluding hydrogens is 290 g/mol. The maximum atomic E-state index is 12.6. The van der Waals surface area contributed by atoms with Gasteiger partial charge in [-0.3, -0.25) is 0 Å². The van der Waals surface area contributed by atoms with Crippen molar-refractivity contribution in [3.05, 3.63) is 60.2 Å². The number of para-hydroxylation sites is 1. The molecule has 0 bridgehead atoms. The number of halogens is 2. The van der Waals surface area contributed by atoms with E-state index >= 15 is 0 Å². The van der Waals surface area contributed by atoms with E-state index in [1.807, 2.05) is 30.3 Å². The van der Waals surface area contributed by atoms with Gasteiger partial charge in [0.25, 0.3) is 5.76 Å². The van der Waals surface area contributed by atoms with E-state index in [4.69, 9.17) is 5.26 Å². The van der Waals surface area contributed by atoms with Crippen molar-refractivity contribution in [3.8, 4) is 6.07 Å². The van der Waals surface area contributed by atoms with E-state index in [0.717, 1.165) is 5.56 Å². The van der Waals surface area contributed by atoms with Gasteiger partial charge in [0.05, 0.1) is 18.5 Å². The van der Waals surface area contributed by atoms with Crippen molar-refractivity contribution in [2.24, 2.45) is 0 Å². The summed E-state index contributed by atoms with van der Waals surface area (Å²) < 4.78 is 25.2. The molecule has 2 rings (SSSR count). The van der Waals surface area contributed by atoms with Crippen molar-refractivity contribution < 1.29 is 8.78 Å². The Bertz CT molecular complexity index is 611. The van der Waals surface area contributed by atoms with Crippen molar-refractivity contribution in [3.63, 3.8) is 0 Å². The number of alkyl halides is 2. The molecule has 0 aliphatic carbocycles. The molecule has 2 aromatic carbocycles. The van der Waals surface area contributed by atoms with Gasteiger partial charge < -0.3 is 5.32 Å². The first-order valence-corrected chi connectivity index (χ1v) is 7.31. The molecule has 0 aliphatic rings. The van der Waals surface area contributed by atoms with Crippen LogP contribution in [0, 0.1) is 11.3 Å². The summed E-state index contributed by atoms with van der Waals surface area (Å²) in [6.07, 6.45) is 0.262. The molecule has 1 unspecified atom stereocenters. The average Bonchev–Trinajstić information content (AvgIpc) is 2.49. The monoisotopic (exact) mass is 304 g/mol. The number of thioether (sulfide) groups is 1. The molecule has 108 valence electrons. The molecule has 2 nitrogen and oxygen atoms in total. The van der Waals surface area contributed by atoms with E-state index in [0.29, 0.717) is 22.3 Å². The lowest BCUT2D eigenvalue weighted by molar-refractivity contribution is 0.252. The van der Waals surface area contributed by atoms with Crippen LogP contribution >= 0.6 is 11.8 Å². The molecule has 0 aliphatic heterocycles. The number of hydrogen-bond acceptors (Lipinski definition) is 3. The van der Waals surface area contributed by atoms with Gasteiger partial charge in [-0.25, -0.2) is 0 Å². The Kier molecular flexibility index (Phi) is 5.59. The smallest absolute Gasteiger partial charge is 0.288 e. The highest BCUT2D eigenvalue weighted by atomic mass is 32.2. The Morgan fingerprint density at radius 2 is 1.71 bits per heavy atom. The molecule has 1 N–H and O–H groups in total. The van der Waals surface area contributed by atoms with Crippen LogP contribution in [0.2, 0.25) is 0 Å². The summed E-state index contributed by atoms with van der Waals surface area (Å²) in [6, 6.07) is 18.3. The number of rotatable bonds is 6. The lowest BCUT2D eigenvalue weighted by atomic mass is 10.0. The van der Waals surface area contributed by atoms with Gasteiger partial charge in [-0.15, -0.1) is 0 Å². The highest BCUT2D eigenvalue weighted by Gasteiger charge is 2.15. The molecule has 1 atom stereocenters. The van der Waals surface area contributed by atoms with Gasteiger partial charge in [0.1, 0.15) is 0 Å². The Morgan fingerprint density at radius 3 is 2.38 bits per heavy atom. The van der Waals surface area contributed by atoms with Crippen LogP contribution in [0.1, 0.15) is 18.0 Å². The fraction of sp³-hybridized carbons (Fsp3) is 0.188. The van der Waals surface area contributed by atoms with Crippen LogP contribution < -0.4 is 5.32 Å². The molecule has 0 aromatic heterocycles. The predicted molar refractivity (Wildman–Crippen MR) is 81.3 cm³/mol. The molecule has 0 heterocycles. The third kappa shape index (κ3) is 4.47. The van der Waals surface area contributed by atoms with Crippen molar-refractivity contribution in [1.29, 1.82) is 5.26 Å². The minimum Gasteiger partial charge on any atom is -0.376 e. The SMILES string of the molecule is N#CCC(Nc1ccccc1SC(F)F)c1ccccc1. The second kappa shape index (κ2) is 7.65. The van der Waals surface area contributed by atoms with E-state index < -0.39 is 5.76 Å². The van der Waals surface area contributed by atoms with E-state index in [9.17, 15) is 8.78 Å². The average molecular weight is 304 g/mol. The Balaban J connectivity index is 2.24. The van der Waals surface area contributed by atoms with Gasteiger partial charge in [0.15, 0.2) is 0 Å². The zero-order valence-electron chi connectivity index (χ0n) is 11.2. The van der Waals surface area contributed by atoms with Crippen LogP contribution in [0.25, 0.3) is 0 Å². The minimum absolute atomic E-state index is 0.226.